The second kappa shape index (κ2) is 9.46. The Balaban J connectivity index is 2.13. The van der Waals surface area contributed by atoms with Crippen LogP contribution in [0.25, 0.3) is 23.3 Å². The molecule has 0 spiro atoms. The van der Waals surface area contributed by atoms with Crippen LogP contribution >= 0.6 is 0 Å². The van der Waals surface area contributed by atoms with E-state index in [2.05, 4.69) is 4.72 Å². The third-order valence-corrected chi connectivity index (χ3v) is 5.87. The highest BCUT2D eigenvalue weighted by Gasteiger charge is 2.23. The average Bonchev–Trinajstić information content (AvgIpc) is 2.73. The highest BCUT2D eigenvalue weighted by molar-refractivity contribution is 7.92. The Labute approximate surface area is 199 Å². The summed E-state index contributed by atoms with van der Waals surface area (Å²) in [5.41, 5.74) is 3.18. The number of anilines is 1. The average molecular weight is 485 g/mol. The van der Waals surface area contributed by atoms with Gasteiger partial charge in [-0.1, -0.05) is 45.1 Å². The molecular weight excluding hydrogens is 455 g/mol. The van der Waals surface area contributed by atoms with E-state index >= 15 is 0 Å². The van der Waals surface area contributed by atoms with Crippen molar-refractivity contribution in [3.63, 3.8) is 0 Å². The molecular formula is C26H29FN2O4S. The summed E-state index contributed by atoms with van der Waals surface area (Å²) in [7, 11) is -0.241. The third kappa shape index (κ3) is 5.94. The van der Waals surface area contributed by atoms with Crippen LogP contribution in [0.5, 0.6) is 5.75 Å². The topological polar surface area (TPSA) is 77.4 Å². The van der Waals surface area contributed by atoms with Gasteiger partial charge in [0, 0.05) is 30.1 Å². The summed E-state index contributed by atoms with van der Waals surface area (Å²) >= 11 is 0. The fraction of sp³-hybridized carbons (Fsp3) is 0.269. The number of rotatable bonds is 6. The van der Waals surface area contributed by atoms with Crippen LogP contribution in [0, 0.1) is 5.82 Å². The van der Waals surface area contributed by atoms with E-state index in [9.17, 15) is 17.6 Å². The van der Waals surface area contributed by atoms with Crippen LogP contribution in [-0.4, -0.2) is 26.4 Å². The van der Waals surface area contributed by atoms with Gasteiger partial charge in [0.15, 0.2) is 0 Å². The zero-order chi connectivity index (χ0) is 25.3. The number of aromatic nitrogens is 1. The van der Waals surface area contributed by atoms with Crippen LogP contribution in [0.3, 0.4) is 0 Å². The van der Waals surface area contributed by atoms with Crippen molar-refractivity contribution in [2.75, 3.05) is 18.1 Å². The second-order valence-corrected chi connectivity index (χ2v) is 11.0. The quantitative estimate of drug-likeness (QED) is 0.498. The fourth-order valence-electron chi connectivity index (χ4n) is 3.66. The molecule has 3 aromatic rings. The first-order chi connectivity index (χ1) is 15.8. The van der Waals surface area contributed by atoms with Crippen molar-refractivity contribution in [3.05, 3.63) is 81.5 Å². The van der Waals surface area contributed by atoms with Crippen LogP contribution in [0.1, 0.15) is 37.5 Å². The first kappa shape index (κ1) is 25.2. The summed E-state index contributed by atoms with van der Waals surface area (Å²) in [5.74, 6) is 0.168. The van der Waals surface area contributed by atoms with Crippen LogP contribution in [-0.2, 0) is 22.5 Å². The Kier molecular flexibility index (Phi) is 7.02. The normalized spacial score (nSPS) is 12.2. The summed E-state index contributed by atoms with van der Waals surface area (Å²) < 4.78 is 46.4. The molecule has 0 bridgehead atoms. The van der Waals surface area contributed by atoms with Gasteiger partial charge in [-0.2, -0.15) is 0 Å². The van der Waals surface area contributed by atoms with Gasteiger partial charge >= 0.3 is 0 Å². The number of hydrogen-bond donors (Lipinski definition) is 1. The molecule has 0 radical (unpaired) electrons. The number of hydrogen-bond acceptors (Lipinski definition) is 4. The number of aryl methyl sites for hydroxylation is 1. The van der Waals surface area contributed by atoms with Crippen LogP contribution in [0.2, 0.25) is 0 Å². The van der Waals surface area contributed by atoms with Gasteiger partial charge in [0.25, 0.3) is 5.56 Å². The predicted octanol–water partition coefficient (Wildman–Crippen LogP) is 5.04. The molecule has 0 fully saturated rings. The van der Waals surface area contributed by atoms with Gasteiger partial charge in [-0.3, -0.25) is 9.52 Å². The number of pyridine rings is 1. The molecule has 1 aromatic heterocycles. The van der Waals surface area contributed by atoms with E-state index in [1.54, 1.807) is 37.4 Å². The fourth-order valence-corrected chi connectivity index (χ4v) is 4.22. The van der Waals surface area contributed by atoms with Gasteiger partial charge in [0.2, 0.25) is 10.0 Å². The van der Waals surface area contributed by atoms with Crippen molar-refractivity contribution >= 4 is 27.9 Å². The number of nitrogens with zero attached hydrogens (tertiary/aromatic N) is 1. The maximum Gasteiger partial charge on any atom is 0.258 e. The minimum absolute atomic E-state index is 0.265. The molecule has 34 heavy (non-hydrogen) atoms. The van der Waals surface area contributed by atoms with E-state index in [1.165, 1.54) is 17.7 Å². The van der Waals surface area contributed by atoms with Crippen molar-refractivity contribution < 1.29 is 17.5 Å². The highest BCUT2D eigenvalue weighted by atomic mass is 32.2. The van der Waals surface area contributed by atoms with E-state index in [-0.39, 0.29) is 16.5 Å². The van der Waals surface area contributed by atoms with Crippen molar-refractivity contribution in [3.8, 4) is 16.9 Å². The minimum atomic E-state index is -3.35. The molecule has 0 aliphatic rings. The second-order valence-electron chi connectivity index (χ2n) is 9.21. The monoisotopic (exact) mass is 484 g/mol. The van der Waals surface area contributed by atoms with Gasteiger partial charge in [-0.15, -0.1) is 0 Å². The van der Waals surface area contributed by atoms with E-state index < -0.39 is 15.8 Å². The number of sulfonamides is 1. The number of benzene rings is 2. The lowest BCUT2D eigenvalue weighted by molar-refractivity contribution is 0.397. The SMILES string of the molecule is COc1c(/C=C/c2ccc(NS(C)(=O)=O)cc2)cc(-c2cc(F)cn(C)c2=O)cc1C(C)(C)C. The molecule has 0 atom stereocenters. The van der Waals surface area contributed by atoms with E-state index in [0.29, 0.717) is 17.0 Å². The zero-order valence-corrected chi connectivity index (χ0v) is 21.0. The van der Waals surface area contributed by atoms with Crippen molar-refractivity contribution in [1.82, 2.24) is 4.57 Å². The van der Waals surface area contributed by atoms with E-state index in [1.807, 2.05) is 39.0 Å². The Morgan fingerprint density at radius 1 is 1.06 bits per heavy atom. The molecule has 6 nitrogen and oxygen atoms in total. The lowest BCUT2D eigenvalue weighted by atomic mass is 9.83. The summed E-state index contributed by atoms with van der Waals surface area (Å²) in [4.78, 5) is 12.8. The van der Waals surface area contributed by atoms with Gasteiger partial charge in [0.1, 0.15) is 11.6 Å². The summed E-state index contributed by atoms with van der Waals surface area (Å²) in [6, 6.07) is 11.8. The maximum atomic E-state index is 14.1. The summed E-state index contributed by atoms with van der Waals surface area (Å²) in [6.07, 6.45) is 5.98. The zero-order valence-electron chi connectivity index (χ0n) is 20.1. The number of methoxy groups -OCH3 is 1. The molecule has 0 saturated carbocycles. The van der Waals surface area contributed by atoms with Crippen LogP contribution in [0.4, 0.5) is 10.1 Å². The Morgan fingerprint density at radius 2 is 1.71 bits per heavy atom. The standard InChI is InChI=1S/C26H29FN2O4S/c1-26(2,3)23-14-19(22-15-20(27)16-29(4)25(22)30)13-18(24(23)33-5)10-7-17-8-11-21(12-9-17)28-34(6,31)32/h7-16,28H,1-6H3/b10-7+. The van der Waals surface area contributed by atoms with Crippen molar-refractivity contribution in [2.24, 2.45) is 7.05 Å². The molecule has 0 unspecified atom stereocenters. The lowest BCUT2D eigenvalue weighted by Crippen LogP contribution is -2.19. The molecule has 0 aliphatic carbocycles. The molecule has 2 aromatic carbocycles. The van der Waals surface area contributed by atoms with Crippen LogP contribution < -0.4 is 15.0 Å². The number of halogens is 1. The first-order valence-electron chi connectivity index (χ1n) is 10.6. The largest absolute Gasteiger partial charge is 0.496 e. The molecule has 3 rings (SSSR count). The molecule has 0 saturated heterocycles. The van der Waals surface area contributed by atoms with Gasteiger partial charge in [-0.25, -0.2) is 12.8 Å². The Bertz CT molecular complexity index is 1400. The van der Waals surface area contributed by atoms with Gasteiger partial charge in [-0.05, 0) is 46.9 Å². The van der Waals surface area contributed by atoms with E-state index in [4.69, 9.17) is 4.74 Å². The molecule has 1 heterocycles. The minimum Gasteiger partial charge on any atom is -0.496 e. The van der Waals surface area contributed by atoms with E-state index in [0.717, 1.165) is 29.1 Å². The van der Waals surface area contributed by atoms with Gasteiger partial charge in [0.05, 0.1) is 18.9 Å². The molecule has 0 aliphatic heterocycles. The number of ether oxygens (including phenoxy) is 1. The van der Waals surface area contributed by atoms with Crippen LogP contribution in [0.15, 0.2) is 53.5 Å². The number of nitrogens with one attached hydrogen (secondary N) is 1. The third-order valence-electron chi connectivity index (χ3n) is 5.26. The maximum absolute atomic E-state index is 14.1. The molecule has 1 N–H and O–H groups in total. The molecule has 180 valence electrons. The molecule has 8 heteroatoms. The van der Waals surface area contributed by atoms with Gasteiger partial charge < -0.3 is 9.30 Å². The Hall–Kier alpha value is -3.39. The lowest BCUT2D eigenvalue weighted by Gasteiger charge is -2.24. The first-order valence-corrected chi connectivity index (χ1v) is 12.5. The highest BCUT2D eigenvalue weighted by Crippen LogP contribution is 2.38. The summed E-state index contributed by atoms with van der Waals surface area (Å²) in [5, 5.41) is 0. The summed E-state index contributed by atoms with van der Waals surface area (Å²) in [6.45, 7) is 6.12. The van der Waals surface area contributed by atoms with Crippen molar-refractivity contribution in [1.29, 1.82) is 0 Å². The Morgan fingerprint density at radius 3 is 2.26 bits per heavy atom. The van der Waals surface area contributed by atoms with Crippen molar-refractivity contribution in [2.45, 2.75) is 26.2 Å². The smallest absolute Gasteiger partial charge is 0.258 e. The predicted molar refractivity (Wildman–Crippen MR) is 136 cm³/mol. The molecule has 0 amide bonds.